The summed E-state index contributed by atoms with van der Waals surface area (Å²) in [4.78, 5) is 14.4. The van der Waals surface area contributed by atoms with E-state index in [1.165, 1.54) is 5.56 Å². The van der Waals surface area contributed by atoms with Gasteiger partial charge in [-0.25, -0.2) is 0 Å². The van der Waals surface area contributed by atoms with E-state index in [0.29, 0.717) is 31.6 Å². The Kier molecular flexibility index (Phi) is 3.76. The minimum absolute atomic E-state index is 0.0416. The highest BCUT2D eigenvalue weighted by molar-refractivity contribution is 6.18. The number of hydrogen-bond acceptors (Lipinski definition) is 2. The molecule has 3 rings (SSSR count). The molecule has 3 nitrogen and oxygen atoms in total. The number of ether oxygens (including phenoxy) is 1. The van der Waals surface area contributed by atoms with Crippen LogP contribution in [0.3, 0.4) is 0 Å². The van der Waals surface area contributed by atoms with E-state index < -0.39 is 0 Å². The lowest BCUT2D eigenvalue weighted by molar-refractivity contribution is -0.140. The van der Waals surface area contributed by atoms with Gasteiger partial charge in [0.2, 0.25) is 5.91 Å². The highest BCUT2D eigenvalue weighted by Crippen LogP contribution is 2.48. The third kappa shape index (κ3) is 2.63. The fourth-order valence-electron chi connectivity index (χ4n) is 2.82. The van der Waals surface area contributed by atoms with Crippen LogP contribution >= 0.6 is 11.6 Å². The zero-order valence-corrected chi connectivity index (χ0v) is 11.6. The maximum atomic E-state index is 12.5. The summed E-state index contributed by atoms with van der Waals surface area (Å²) in [5.74, 6) is 1.25. The normalized spacial score (nSPS) is 30.2. The third-order valence-electron chi connectivity index (χ3n) is 4.02. The molecule has 4 heteroatoms. The van der Waals surface area contributed by atoms with Gasteiger partial charge in [-0.3, -0.25) is 4.79 Å². The number of carbonyl (C=O) groups is 1. The second-order valence-electron chi connectivity index (χ2n) is 5.27. The molecule has 1 aliphatic heterocycles. The van der Waals surface area contributed by atoms with Crippen LogP contribution in [0.2, 0.25) is 0 Å². The van der Waals surface area contributed by atoms with E-state index in [4.69, 9.17) is 16.3 Å². The van der Waals surface area contributed by atoms with Gasteiger partial charge in [-0.1, -0.05) is 30.3 Å². The van der Waals surface area contributed by atoms with Crippen LogP contribution < -0.4 is 0 Å². The van der Waals surface area contributed by atoms with Gasteiger partial charge < -0.3 is 9.64 Å². The summed E-state index contributed by atoms with van der Waals surface area (Å²) >= 11 is 5.92. The molecule has 2 fully saturated rings. The van der Waals surface area contributed by atoms with Crippen LogP contribution in [0.15, 0.2) is 30.3 Å². The average molecular weight is 280 g/mol. The first-order valence-corrected chi connectivity index (χ1v) is 7.34. The number of amides is 1. The van der Waals surface area contributed by atoms with Crippen molar-refractivity contribution < 1.29 is 9.53 Å². The Bertz CT molecular complexity index is 451. The summed E-state index contributed by atoms with van der Waals surface area (Å²) in [5.41, 5.74) is 1.27. The summed E-state index contributed by atoms with van der Waals surface area (Å²) in [5, 5.41) is 0. The molecular formula is C15H18ClNO2. The molecule has 1 aromatic rings. The molecule has 1 aliphatic carbocycles. The molecule has 0 aromatic heterocycles. The lowest BCUT2D eigenvalue weighted by atomic mass is 10.1. The Hall–Kier alpha value is -1.06. The lowest BCUT2D eigenvalue weighted by Crippen LogP contribution is -2.50. The molecule has 19 heavy (non-hydrogen) atoms. The monoisotopic (exact) mass is 279 g/mol. The standard InChI is InChI=1S/C15H18ClNO2/c16-9-12-10-19-7-6-17(12)15(18)14-8-13(14)11-4-2-1-3-5-11/h1-5,12-14H,6-10H2. The molecule has 1 saturated heterocycles. The number of morpholine rings is 1. The second kappa shape index (κ2) is 5.51. The number of nitrogens with zero attached hydrogens (tertiary/aromatic N) is 1. The number of carbonyl (C=O) groups excluding carboxylic acids is 1. The summed E-state index contributed by atoms with van der Waals surface area (Å²) in [7, 11) is 0. The van der Waals surface area contributed by atoms with Crippen LogP contribution in [0.5, 0.6) is 0 Å². The number of hydrogen-bond donors (Lipinski definition) is 0. The minimum atomic E-state index is 0.0416. The zero-order valence-electron chi connectivity index (χ0n) is 10.8. The van der Waals surface area contributed by atoms with Crippen molar-refractivity contribution in [2.45, 2.75) is 18.4 Å². The first kappa shape index (κ1) is 12.9. The van der Waals surface area contributed by atoms with Gasteiger partial charge in [0.1, 0.15) is 0 Å². The molecule has 3 atom stereocenters. The van der Waals surface area contributed by atoms with Crippen molar-refractivity contribution in [3.8, 4) is 0 Å². The van der Waals surface area contributed by atoms with Crippen molar-refractivity contribution in [3.63, 3.8) is 0 Å². The molecular weight excluding hydrogens is 262 g/mol. The SMILES string of the molecule is O=C(C1CC1c1ccccc1)N1CCOCC1CCl. The highest BCUT2D eigenvalue weighted by atomic mass is 35.5. The average Bonchev–Trinajstić information content (AvgIpc) is 3.28. The largest absolute Gasteiger partial charge is 0.377 e. The third-order valence-corrected chi connectivity index (χ3v) is 4.38. The summed E-state index contributed by atoms with van der Waals surface area (Å²) in [6.45, 7) is 1.87. The van der Waals surface area contributed by atoms with E-state index in [2.05, 4.69) is 12.1 Å². The van der Waals surface area contributed by atoms with Crippen molar-refractivity contribution in [1.82, 2.24) is 4.90 Å². The van der Waals surface area contributed by atoms with Crippen LogP contribution in [-0.4, -0.2) is 42.5 Å². The Morgan fingerprint density at radius 2 is 2.16 bits per heavy atom. The Morgan fingerprint density at radius 3 is 2.89 bits per heavy atom. The molecule has 1 saturated carbocycles. The van der Waals surface area contributed by atoms with Gasteiger partial charge in [0.05, 0.1) is 19.3 Å². The molecule has 0 spiro atoms. The summed E-state index contributed by atoms with van der Waals surface area (Å²) in [6, 6.07) is 10.3. The van der Waals surface area contributed by atoms with E-state index in [-0.39, 0.29) is 17.9 Å². The number of alkyl halides is 1. The highest BCUT2D eigenvalue weighted by Gasteiger charge is 2.47. The maximum absolute atomic E-state index is 12.5. The zero-order chi connectivity index (χ0) is 13.2. The first-order valence-electron chi connectivity index (χ1n) is 6.80. The predicted octanol–water partition coefficient (Wildman–Crippen LogP) is 2.26. The maximum Gasteiger partial charge on any atom is 0.226 e. The van der Waals surface area contributed by atoms with E-state index in [1.54, 1.807) is 0 Å². The molecule has 3 unspecified atom stereocenters. The number of halogens is 1. The van der Waals surface area contributed by atoms with Gasteiger partial charge in [0, 0.05) is 18.3 Å². The predicted molar refractivity (Wildman–Crippen MR) is 74.3 cm³/mol. The van der Waals surface area contributed by atoms with Crippen LogP contribution in [-0.2, 0) is 9.53 Å². The molecule has 0 N–H and O–H groups in total. The molecule has 0 radical (unpaired) electrons. The fourth-order valence-corrected chi connectivity index (χ4v) is 3.08. The van der Waals surface area contributed by atoms with E-state index in [1.807, 2.05) is 23.1 Å². The van der Waals surface area contributed by atoms with Crippen molar-refractivity contribution in [2.75, 3.05) is 25.6 Å². The fraction of sp³-hybridized carbons (Fsp3) is 0.533. The van der Waals surface area contributed by atoms with E-state index in [9.17, 15) is 4.79 Å². The van der Waals surface area contributed by atoms with E-state index >= 15 is 0 Å². The first-order chi connectivity index (χ1) is 9.31. The van der Waals surface area contributed by atoms with Gasteiger partial charge in [0.15, 0.2) is 0 Å². The van der Waals surface area contributed by atoms with Crippen LogP contribution in [0.1, 0.15) is 17.9 Å². The number of benzene rings is 1. The topological polar surface area (TPSA) is 29.5 Å². The molecule has 0 bridgehead atoms. The van der Waals surface area contributed by atoms with Gasteiger partial charge in [-0.2, -0.15) is 0 Å². The van der Waals surface area contributed by atoms with Gasteiger partial charge in [-0.15, -0.1) is 11.6 Å². The van der Waals surface area contributed by atoms with Gasteiger partial charge in [-0.05, 0) is 17.9 Å². The quantitative estimate of drug-likeness (QED) is 0.795. The van der Waals surface area contributed by atoms with E-state index in [0.717, 1.165) is 6.42 Å². The smallest absolute Gasteiger partial charge is 0.226 e. The Morgan fingerprint density at radius 1 is 1.37 bits per heavy atom. The van der Waals surface area contributed by atoms with Crippen molar-refractivity contribution in [1.29, 1.82) is 0 Å². The Balaban J connectivity index is 1.66. The van der Waals surface area contributed by atoms with Crippen molar-refractivity contribution in [2.24, 2.45) is 5.92 Å². The van der Waals surface area contributed by atoms with Crippen LogP contribution in [0.4, 0.5) is 0 Å². The Labute approximate surface area is 118 Å². The molecule has 102 valence electrons. The molecule has 1 amide bonds. The van der Waals surface area contributed by atoms with Crippen molar-refractivity contribution in [3.05, 3.63) is 35.9 Å². The molecule has 1 heterocycles. The van der Waals surface area contributed by atoms with Crippen molar-refractivity contribution >= 4 is 17.5 Å². The van der Waals surface area contributed by atoms with Crippen LogP contribution in [0.25, 0.3) is 0 Å². The molecule has 1 aromatic carbocycles. The van der Waals surface area contributed by atoms with Gasteiger partial charge >= 0.3 is 0 Å². The molecule has 2 aliphatic rings. The lowest BCUT2D eigenvalue weighted by Gasteiger charge is -2.34. The van der Waals surface area contributed by atoms with Gasteiger partial charge in [0.25, 0.3) is 0 Å². The second-order valence-corrected chi connectivity index (χ2v) is 5.58. The summed E-state index contributed by atoms with van der Waals surface area (Å²) < 4.78 is 5.39. The minimum Gasteiger partial charge on any atom is -0.377 e. The summed E-state index contributed by atoms with van der Waals surface area (Å²) in [6.07, 6.45) is 0.967. The number of rotatable bonds is 3. The van der Waals surface area contributed by atoms with Crippen LogP contribution in [0, 0.1) is 5.92 Å².